The van der Waals surface area contributed by atoms with Crippen LogP contribution in [0.1, 0.15) is 42.0 Å². The lowest BCUT2D eigenvalue weighted by Gasteiger charge is -2.10. The van der Waals surface area contributed by atoms with E-state index in [-0.39, 0.29) is 28.4 Å². The molecule has 0 radical (unpaired) electrons. The van der Waals surface area contributed by atoms with Gasteiger partial charge in [-0.05, 0) is 43.0 Å². The Bertz CT molecular complexity index is 1020. The zero-order valence-electron chi connectivity index (χ0n) is 13.0. The number of nitrogens with one attached hydrogen (secondary N) is 1. The fourth-order valence-electron chi connectivity index (χ4n) is 2.87. The molecule has 22 heavy (non-hydrogen) atoms. The van der Waals surface area contributed by atoms with Gasteiger partial charge in [-0.25, -0.2) is 0 Å². The van der Waals surface area contributed by atoms with E-state index < -0.39 is 0 Å². The third-order valence-corrected chi connectivity index (χ3v) is 4.18. The van der Waals surface area contributed by atoms with Crippen molar-refractivity contribution in [2.75, 3.05) is 0 Å². The van der Waals surface area contributed by atoms with Crippen LogP contribution >= 0.6 is 0 Å². The summed E-state index contributed by atoms with van der Waals surface area (Å²) in [6.07, 6.45) is 0. The number of aryl methyl sites for hydroxylation is 2. The topological polar surface area (TPSA) is 81.3 Å². The van der Waals surface area contributed by atoms with Gasteiger partial charge in [0.2, 0.25) is 0 Å². The number of nitrogens with zero attached hydrogens (tertiary/aromatic N) is 2. The molecule has 0 amide bonds. The summed E-state index contributed by atoms with van der Waals surface area (Å²) in [4.78, 5) is 15.9. The Morgan fingerprint density at radius 3 is 2.50 bits per heavy atom. The molecule has 0 spiro atoms. The van der Waals surface area contributed by atoms with Gasteiger partial charge in [-0.1, -0.05) is 13.8 Å². The fraction of sp³-hybridized carbons (Fsp3) is 0.294. The number of aromatic nitrogens is 2. The first kappa shape index (κ1) is 14.2. The van der Waals surface area contributed by atoms with Gasteiger partial charge in [-0.2, -0.15) is 5.26 Å². The largest absolute Gasteiger partial charge is 0.506 e. The zero-order chi connectivity index (χ0) is 16.2. The first-order valence-electron chi connectivity index (χ1n) is 7.17. The summed E-state index contributed by atoms with van der Waals surface area (Å²) in [6.45, 7) is 7.63. The van der Waals surface area contributed by atoms with Crippen LogP contribution < -0.4 is 5.56 Å². The molecular formula is C17H17N3O2. The van der Waals surface area contributed by atoms with Crippen molar-refractivity contribution < 1.29 is 5.11 Å². The number of hydrogen-bond acceptors (Lipinski definition) is 3. The van der Waals surface area contributed by atoms with Crippen LogP contribution in [0, 0.1) is 25.2 Å². The highest BCUT2D eigenvalue weighted by molar-refractivity contribution is 5.85. The smallest absolute Gasteiger partial charge is 0.264 e. The molecule has 112 valence electrons. The summed E-state index contributed by atoms with van der Waals surface area (Å²) < 4.78 is 1.50. The second-order valence-corrected chi connectivity index (χ2v) is 5.97. The molecule has 0 aliphatic carbocycles. The number of imidazole rings is 1. The molecule has 5 heteroatoms. The molecule has 2 aromatic heterocycles. The molecular weight excluding hydrogens is 278 g/mol. The summed E-state index contributed by atoms with van der Waals surface area (Å²) in [6, 6.07) is 5.89. The number of rotatable bonds is 1. The van der Waals surface area contributed by atoms with Crippen LogP contribution in [0.5, 0.6) is 5.75 Å². The summed E-state index contributed by atoms with van der Waals surface area (Å²) in [5, 5.41) is 19.7. The monoisotopic (exact) mass is 295 g/mol. The van der Waals surface area contributed by atoms with Crippen LogP contribution in [0.25, 0.3) is 16.7 Å². The fourth-order valence-corrected chi connectivity index (χ4v) is 2.87. The third-order valence-electron chi connectivity index (χ3n) is 4.18. The first-order chi connectivity index (χ1) is 10.4. The Hall–Kier alpha value is -2.74. The molecule has 1 aromatic carbocycles. The summed E-state index contributed by atoms with van der Waals surface area (Å²) in [5.41, 5.74) is 4.10. The lowest BCUT2D eigenvalue weighted by atomic mass is 10.0. The van der Waals surface area contributed by atoms with Gasteiger partial charge in [0.15, 0.2) is 0 Å². The van der Waals surface area contributed by atoms with Crippen molar-refractivity contribution in [1.82, 2.24) is 9.38 Å². The van der Waals surface area contributed by atoms with E-state index in [0.717, 1.165) is 22.2 Å². The van der Waals surface area contributed by atoms with E-state index in [2.05, 4.69) is 4.98 Å². The van der Waals surface area contributed by atoms with Gasteiger partial charge >= 0.3 is 0 Å². The Morgan fingerprint density at radius 2 is 1.91 bits per heavy atom. The predicted molar refractivity (Wildman–Crippen MR) is 85.5 cm³/mol. The van der Waals surface area contributed by atoms with Crippen LogP contribution in [0.4, 0.5) is 0 Å². The minimum Gasteiger partial charge on any atom is -0.506 e. The first-order valence-corrected chi connectivity index (χ1v) is 7.17. The maximum atomic E-state index is 12.8. The van der Waals surface area contributed by atoms with E-state index in [1.807, 2.05) is 45.9 Å². The van der Waals surface area contributed by atoms with Gasteiger partial charge in [0.25, 0.3) is 5.56 Å². The van der Waals surface area contributed by atoms with Crippen LogP contribution in [-0.2, 0) is 0 Å². The highest BCUT2D eigenvalue weighted by Crippen LogP contribution is 2.30. The van der Waals surface area contributed by atoms with E-state index in [9.17, 15) is 15.2 Å². The summed E-state index contributed by atoms with van der Waals surface area (Å²) in [7, 11) is 0. The second kappa shape index (κ2) is 4.63. The molecule has 0 bridgehead atoms. The normalized spacial score (nSPS) is 11.5. The van der Waals surface area contributed by atoms with Crippen LogP contribution in [0.3, 0.4) is 0 Å². The number of H-pyrrole nitrogens is 1. The van der Waals surface area contributed by atoms with Gasteiger partial charge in [0, 0.05) is 0 Å². The standard InChI is InChI=1S/C17H17N3O2/c1-8(2)14-15(21)11(7-18)16-19-12-5-9(3)10(4)6-13(12)20(16)17(14)22/h5-6,8,19,21H,1-4H3. The van der Waals surface area contributed by atoms with Crippen LogP contribution in [-0.4, -0.2) is 14.5 Å². The minimum absolute atomic E-state index is 0.106. The van der Waals surface area contributed by atoms with Gasteiger partial charge in [0.1, 0.15) is 23.0 Å². The molecule has 0 aliphatic heterocycles. The van der Waals surface area contributed by atoms with Crippen molar-refractivity contribution in [3.05, 3.63) is 44.7 Å². The molecule has 0 aliphatic rings. The van der Waals surface area contributed by atoms with Gasteiger partial charge < -0.3 is 10.1 Å². The van der Waals surface area contributed by atoms with Gasteiger partial charge in [0.05, 0.1) is 16.6 Å². The quantitative estimate of drug-likeness (QED) is 0.723. The lowest BCUT2D eigenvalue weighted by molar-refractivity contribution is 0.461. The van der Waals surface area contributed by atoms with E-state index in [1.54, 1.807) is 0 Å². The van der Waals surface area contributed by atoms with Gasteiger partial charge in [-0.3, -0.25) is 9.20 Å². The highest BCUT2D eigenvalue weighted by atomic mass is 16.3. The molecule has 5 nitrogen and oxygen atoms in total. The van der Waals surface area contributed by atoms with Crippen molar-refractivity contribution in [2.45, 2.75) is 33.6 Å². The lowest BCUT2D eigenvalue weighted by Crippen LogP contribution is -2.20. The highest BCUT2D eigenvalue weighted by Gasteiger charge is 2.22. The Labute approximate surface area is 127 Å². The van der Waals surface area contributed by atoms with Crippen molar-refractivity contribution >= 4 is 16.7 Å². The average molecular weight is 295 g/mol. The number of benzene rings is 1. The van der Waals surface area contributed by atoms with Crippen LogP contribution in [0.15, 0.2) is 16.9 Å². The molecule has 0 unspecified atom stereocenters. The number of aromatic hydroxyl groups is 1. The summed E-state index contributed by atoms with van der Waals surface area (Å²) >= 11 is 0. The molecule has 2 N–H and O–H groups in total. The van der Waals surface area contributed by atoms with Crippen molar-refractivity contribution in [2.24, 2.45) is 0 Å². The summed E-state index contributed by atoms with van der Waals surface area (Å²) in [5.74, 6) is -0.393. The number of hydrogen-bond donors (Lipinski definition) is 2. The Balaban J connectivity index is 2.66. The van der Waals surface area contributed by atoms with Gasteiger partial charge in [-0.15, -0.1) is 0 Å². The molecule has 3 rings (SSSR count). The maximum absolute atomic E-state index is 12.8. The van der Waals surface area contributed by atoms with E-state index in [1.165, 1.54) is 4.40 Å². The Morgan fingerprint density at radius 1 is 1.27 bits per heavy atom. The Kier molecular flexibility index (Phi) is 2.99. The molecule has 0 saturated carbocycles. The van der Waals surface area contributed by atoms with Crippen molar-refractivity contribution in [3.63, 3.8) is 0 Å². The molecule has 0 atom stereocenters. The second-order valence-electron chi connectivity index (χ2n) is 5.97. The maximum Gasteiger partial charge on any atom is 0.264 e. The molecule has 2 heterocycles. The molecule has 3 aromatic rings. The number of pyridine rings is 1. The van der Waals surface area contributed by atoms with E-state index in [4.69, 9.17) is 0 Å². The van der Waals surface area contributed by atoms with E-state index >= 15 is 0 Å². The number of aromatic amines is 1. The zero-order valence-corrected chi connectivity index (χ0v) is 13.0. The number of nitriles is 1. The molecule has 0 saturated heterocycles. The molecule has 0 fully saturated rings. The minimum atomic E-state index is -0.281. The SMILES string of the molecule is Cc1cc2[nH]c3c(C#N)c(O)c(C(C)C)c(=O)n3c2cc1C. The van der Waals surface area contributed by atoms with Crippen LogP contribution in [0.2, 0.25) is 0 Å². The third kappa shape index (κ3) is 1.74. The van der Waals surface area contributed by atoms with Crippen molar-refractivity contribution in [1.29, 1.82) is 5.26 Å². The van der Waals surface area contributed by atoms with E-state index in [0.29, 0.717) is 5.65 Å². The average Bonchev–Trinajstić information content (AvgIpc) is 2.77. The van der Waals surface area contributed by atoms with Crippen molar-refractivity contribution in [3.8, 4) is 11.8 Å². The number of fused-ring (bicyclic) bond motifs is 3. The predicted octanol–water partition coefficient (Wildman–Crippen LogP) is 3.10.